The minimum atomic E-state index is 1.11. The van der Waals surface area contributed by atoms with E-state index >= 15 is 0 Å². The molecular weight excluding hydrogens is 687 g/mol. The molecule has 0 N–H and O–H groups in total. The van der Waals surface area contributed by atoms with Crippen molar-refractivity contribution in [2.45, 2.75) is 0 Å². The van der Waals surface area contributed by atoms with Crippen LogP contribution in [0.3, 0.4) is 0 Å². The molecule has 0 saturated heterocycles. The molecule has 57 heavy (non-hydrogen) atoms. The van der Waals surface area contributed by atoms with E-state index in [1.165, 1.54) is 87.2 Å². The van der Waals surface area contributed by atoms with Gasteiger partial charge in [0, 0.05) is 16.5 Å². The Hall–Kier alpha value is -7.48. The summed E-state index contributed by atoms with van der Waals surface area (Å²) in [6.07, 6.45) is 0. The quantitative estimate of drug-likeness (QED) is 0.154. The van der Waals surface area contributed by atoms with E-state index in [2.05, 4.69) is 229 Å². The number of fused-ring (bicyclic) bond motifs is 7. The fourth-order valence-electron chi connectivity index (χ4n) is 8.92. The molecule has 1 nitrogen and oxygen atoms in total. The van der Waals surface area contributed by atoms with Crippen molar-refractivity contribution in [1.29, 1.82) is 0 Å². The fourth-order valence-corrected chi connectivity index (χ4v) is 8.92. The molecule has 266 valence electrons. The highest BCUT2D eigenvalue weighted by atomic mass is 15.1. The van der Waals surface area contributed by atoms with E-state index in [9.17, 15) is 0 Å². The molecule has 0 bridgehead atoms. The molecule has 0 atom stereocenters. The first-order chi connectivity index (χ1) is 28.3. The van der Waals surface area contributed by atoms with E-state index < -0.39 is 0 Å². The maximum Gasteiger partial charge on any atom is 0.0540 e. The van der Waals surface area contributed by atoms with E-state index in [0.717, 1.165) is 17.1 Å². The van der Waals surface area contributed by atoms with Crippen molar-refractivity contribution in [2.24, 2.45) is 0 Å². The van der Waals surface area contributed by atoms with Gasteiger partial charge in [-0.05, 0) is 107 Å². The Labute approximate surface area is 332 Å². The minimum Gasteiger partial charge on any atom is -0.309 e. The van der Waals surface area contributed by atoms with E-state index in [4.69, 9.17) is 0 Å². The van der Waals surface area contributed by atoms with Crippen LogP contribution in [0.4, 0.5) is 17.1 Å². The summed E-state index contributed by atoms with van der Waals surface area (Å²) in [4.78, 5) is 2.45. The summed E-state index contributed by atoms with van der Waals surface area (Å²) in [5.74, 6) is 0. The first-order valence-corrected chi connectivity index (χ1v) is 19.7. The monoisotopic (exact) mass is 723 g/mol. The Bertz CT molecular complexity index is 3270. The van der Waals surface area contributed by atoms with Crippen molar-refractivity contribution >= 4 is 70.9 Å². The fraction of sp³-hybridized carbons (Fsp3) is 0. The number of rotatable bonds is 6. The highest BCUT2D eigenvalue weighted by molar-refractivity contribution is 6.18. The molecule has 0 fully saturated rings. The van der Waals surface area contributed by atoms with Gasteiger partial charge in [0.2, 0.25) is 0 Å². The molecule has 0 aromatic heterocycles. The van der Waals surface area contributed by atoms with E-state index in [1.54, 1.807) is 0 Å². The largest absolute Gasteiger partial charge is 0.309 e. The third-order valence-electron chi connectivity index (χ3n) is 11.7. The Balaban J connectivity index is 1.10. The van der Waals surface area contributed by atoms with Crippen LogP contribution in [0.1, 0.15) is 0 Å². The maximum atomic E-state index is 2.45. The second kappa shape index (κ2) is 13.7. The lowest BCUT2D eigenvalue weighted by molar-refractivity contribution is 1.31. The first-order valence-electron chi connectivity index (χ1n) is 19.7. The van der Waals surface area contributed by atoms with Crippen LogP contribution < -0.4 is 4.90 Å². The average Bonchev–Trinajstić information content (AvgIpc) is 3.29. The summed E-state index contributed by atoms with van der Waals surface area (Å²) in [6.45, 7) is 0. The Morgan fingerprint density at radius 1 is 0.228 bits per heavy atom. The van der Waals surface area contributed by atoms with Gasteiger partial charge in [-0.15, -0.1) is 0 Å². The third kappa shape index (κ3) is 5.63. The zero-order valence-corrected chi connectivity index (χ0v) is 31.3. The van der Waals surface area contributed by atoms with E-state index in [0.29, 0.717) is 0 Å². The minimum absolute atomic E-state index is 1.11. The van der Waals surface area contributed by atoms with Crippen LogP contribution in [0, 0.1) is 0 Å². The maximum absolute atomic E-state index is 2.45. The first kappa shape index (κ1) is 32.9. The van der Waals surface area contributed by atoms with Crippen LogP contribution in [-0.2, 0) is 0 Å². The van der Waals surface area contributed by atoms with Crippen LogP contribution in [0.25, 0.3) is 87.2 Å². The van der Waals surface area contributed by atoms with Gasteiger partial charge in [-0.3, -0.25) is 0 Å². The topological polar surface area (TPSA) is 3.24 Å². The second-order valence-electron chi connectivity index (χ2n) is 14.9. The number of hydrogen-bond donors (Lipinski definition) is 0. The molecule has 11 aromatic rings. The summed E-state index contributed by atoms with van der Waals surface area (Å²) in [6, 6.07) is 82.0. The van der Waals surface area contributed by atoms with Gasteiger partial charge in [0.15, 0.2) is 0 Å². The molecule has 0 unspecified atom stereocenters. The van der Waals surface area contributed by atoms with Crippen LogP contribution >= 0.6 is 0 Å². The van der Waals surface area contributed by atoms with Gasteiger partial charge in [-0.2, -0.15) is 0 Å². The van der Waals surface area contributed by atoms with Gasteiger partial charge >= 0.3 is 0 Å². The van der Waals surface area contributed by atoms with Crippen molar-refractivity contribution in [3.8, 4) is 33.4 Å². The van der Waals surface area contributed by atoms with Gasteiger partial charge in [-0.25, -0.2) is 0 Å². The van der Waals surface area contributed by atoms with Gasteiger partial charge in [0.05, 0.1) is 11.4 Å². The Morgan fingerprint density at radius 2 is 0.667 bits per heavy atom. The predicted molar refractivity (Wildman–Crippen MR) is 245 cm³/mol. The van der Waals surface area contributed by atoms with Crippen LogP contribution in [0.5, 0.6) is 0 Å². The van der Waals surface area contributed by atoms with Gasteiger partial charge in [0.25, 0.3) is 0 Å². The molecule has 11 aromatic carbocycles. The van der Waals surface area contributed by atoms with E-state index in [1.807, 2.05) is 0 Å². The van der Waals surface area contributed by atoms with Crippen molar-refractivity contribution in [3.63, 3.8) is 0 Å². The van der Waals surface area contributed by atoms with Gasteiger partial charge in [0.1, 0.15) is 0 Å². The Kier molecular flexibility index (Phi) is 7.89. The molecule has 0 heterocycles. The summed E-state index contributed by atoms with van der Waals surface area (Å²) >= 11 is 0. The van der Waals surface area contributed by atoms with Crippen molar-refractivity contribution in [3.05, 3.63) is 224 Å². The van der Waals surface area contributed by atoms with Gasteiger partial charge in [-0.1, -0.05) is 194 Å². The number of hydrogen-bond acceptors (Lipinski definition) is 1. The van der Waals surface area contributed by atoms with Crippen LogP contribution in [0.2, 0.25) is 0 Å². The molecular formula is C56H37N. The summed E-state index contributed by atoms with van der Waals surface area (Å²) in [5, 5.41) is 12.5. The van der Waals surface area contributed by atoms with Crippen LogP contribution in [-0.4, -0.2) is 0 Å². The van der Waals surface area contributed by atoms with Crippen molar-refractivity contribution in [2.75, 3.05) is 4.90 Å². The molecule has 1 heteroatoms. The summed E-state index contributed by atoms with van der Waals surface area (Å²) in [5.41, 5.74) is 10.7. The number of anilines is 3. The molecule has 0 radical (unpaired) electrons. The number of nitrogens with zero attached hydrogens (tertiary/aromatic N) is 1. The molecule has 0 aliphatic rings. The normalized spacial score (nSPS) is 11.5. The molecule has 0 amide bonds. The standard InChI is InChI=1S/C56H37N/c1-3-13-38(14-4-1)39-23-28-44(29-24-39)57(55-35-33-46(40-15-5-2-6-16-40)49-19-9-11-21-53(49)55)56-36-34-48(50-20-10-12-22-54(50)56)42-26-30-47-43(37-42)27-32-51-45-18-8-7-17-41(45)25-31-52(47)51/h1-37H. The predicted octanol–water partition coefficient (Wildman–Crippen LogP) is 15.9. The third-order valence-corrected chi connectivity index (χ3v) is 11.7. The summed E-state index contributed by atoms with van der Waals surface area (Å²) in [7, 11) is 0. The molecule has 0 spiro atoms. The smallest absolute Gasteiger partial charge is 0.0540 e. The molecule has 0 aliphatic carbocycles. The highest BCUT2D eigenvalue weighted by Crippen LogP contribution is 2.46. The lowest BCUT2D eigenvalue weighted by Gasteiger charge is -2.29. The zero-order chi connectivity index (χ0) is 37.7. The Morgan fingerprint density at radius 3 is 1.30 bits per heavy atom. The average molecular weight is 724 g/mol. The highest BCUT2D eigenvalue weighted by Gasteiger charge is 2.21. The van der Waals surface area contributed by atoms with Crippen molar-refractivity contribution < 1.29 is 0 Å². The second-order valence-corrected chi connectivity index (χ2v) is 14.9. The van der Waals surface area contributed by atoms with Crippen molar-refractivity contribution in [1.82, 2.24) is 0 Å². The zero-order valence-electron chi connectivity index (χ0n) is 31.3. The number of benzene rings is 11. The SMILES string of the molecule is c1ccc(-c2ccc(N(c3ccc(-c4ccccc4)c4ccccc34)c3ccc(-c4ccc5c(ccc6c7ccccc7ccc56)c4)c4ccccc34)cc2)cc1. The summed E-state index contributed by atoms with van der Waals surface area (Å²) < 4.78 is 0. The lowest BCUT2D eigenvalue weighted by Crippen LogP contribution is -2.11. The molecule has 0 saturated carbocycles. The molecule has 11 rings (SSSR count). The van der Waals surface area contributed by atoms with Crippen LogP contribution in [0.15, 0.2) is 224 Å². The lowest BCUT2D eigenvalue weighted by atomic mass is 9.92. The van der Waals surface area contributed by atoms with E-state index in [-0.39, 0.29) is 0 Å². The molecule has 0 aliphatic heterocycles. The van der Waals surface area contributed by atoms with Gasteiger partial charge < -0.3 is 4.90 Å².